The summed E-state index contributed by atoms with van der Waals surface area (Å²) in [4.78, 5) is 16.7. The van der Waals surface area contributed by atoms with Gasteiger partial charge in [-0.1, -0.05) is 48.2 Å². The van der Waals surface area contributed by atoms with Crippen molar-refractivity contribution in [2.45, 2.75) is 16.7 Å². The van der Waals surface area contributed by atoms with Gasteiger partial charge in [0.1, 0.15) is 0 Å². The number of rotatable bonds is 2. The third-order valence-electron chi connectivity index (χ3n) is 3.96. The molecule has 0 fully saturated rings. The molecule has 112 valence electrons. The molecule has 1 heterocycles. The normalized spacial score (nSPS) is 12.5. The van der Waals surface area contributed by atoms with Gasteiger partial charge in [0.25, 0.3) is 0 Å². The lowest BCUT2D eigenvalue weighted by molar-refractivity contribution is 0.101. The third kappa shape index (κ3) is 2.34. The van der Waals surface area contributed by atoms with Crippen LogP contribution >= 0.6 is 11.8 Å². The van der Waals surface area contributed by atoms with Crippen LogP contribution in [0.4, 0.5) is 17.1 Å². The predicted molar refractivity (Wildman–Crippen MR) is 95.3 cm³/mol. The van der Waals surface area contributed by atoms with Gasteiger partial charge in [-0.3, -0.25) is 4.79 Å². The smallest absolute Gasteiger partial charge is 0.161 e. The number of Topliss-reactive ketones (excluding diaryl/α,β-unsaturated/α-hetero) is 1. The van der Waals surface area contributed by atoms with E-state index >= 15 is 0 Å². The summed E-state index contributed by atoms with van der Waals surface area (Å²) in [6.45, 7) is 1.62. The van der Waals surface area contributed by atoms with E-state index in [-0.39, 0.29) is 5.78 Å². The fourth-order valence-corrected chi connectivity index (χ4v) is 3.99. The summed E-state index contributed by atoms with van der Waals surface area (Å²) in [5.74, 6) is 0.0776. The van der Waals surface area contributed by atoms with E-state index in [1.54, 1.807) is 18.7 Å². The zero-order valence-electron chi connectivity index (χ0n) is 12.7. The Bertz CT molecular complexity index is 858. The molecular formula is C20H15NOS. The highest BCUT2D eigenvalue weighted by Crippen LogP contribution is 2.51. The van der Waals surface area contributed by atoms with Crippen LogP contribution in [0.1, 0.15) is 17.3 Å². The average Bonchev–Trinajstić information content (AvgIpc) is 2.59. The third-order valence-corrected chi connectivity index (χ3v) is 5.09. The summed E-state index contributed by atoms with van der Waals surface area (Å²) in [6.07, 6.45) is 0. The number of carbonyl (C=O) groups excluding carboxylic acids is 1. The van der Waals surface area contributed by atoms with E-state index in [0.29, 0.717) is 0 Å². The predicted octanol–water partition coefficient (Wildman–Crippen LogP) is 5.82. The molecule has 0 saturated heterocycles. The molecule has 1 aliphatic rings. The van der Waals surface area contributed by atoms with Gasteiger partial charge in [-0.05, 0) is 43.3 Å². The molecule has 2 nitrogen and oxygen atoms in total. The summed E-state index contributed by atoms with van der Waals surface area (Å²) in [5, 5.41) is 0. The molecule has 0 atom stereocenters. The van der Waals surface area contributed by atoms with Gasteiger partial charge in [0, 0.05) is 15.4 Å². The molecule has 3 aromatic carbocycles. The number of anilines is 3. The average molecular weight is 317 g/mol. The Balaban J connectivity index is 2.01. The zero-order valence-corrected chi connectivity index (χ0v) is 13.5. The maximum absolute atomic E-state index is 12.1. The highest BCUT2D eigenvalue weighted by atomic mass is 32.2. The van der Waals surface area contributed by atoms with Crippen LogP contribution in [-0.4, -0.2) is 5.78 Å². The van der Waals surface area contributed by atoms with Crippen molar-refractivity contribution in [2.24, 2.45) is 0 Å². The minimum absolute atomic E-state index is 0.0776. The second-order valence-electron chi connectivity index (χ2n) is 5.45. The van der Waals surface area contributed by atoms with Gasteiger partial charge in [-0.25, -0.2) is 0 Å². The SMILES string of the molecule is CC(=O)c1ccccc1N1c2ccccc2Sc2ccccc21. The maximum atomic E-state index is 12.1. The van der Waals surface area contributed by atoms with Crippen LogP contribution in [0.2, 0.25) is 0 Å². The van der Waals surface area contributed by atoms with Crippen LogP contribution in [0.25, 0.3) is 0 Å². The highest BCUT2D eigenvalue weighted by Gasteiger charge is 2.26. The first-order valence-electron chi connectivity index (χ1n) is 7.52. The molecule has 0 aromatic heterocycles. The van der Waals surface area contributed by atoms with E-state index in [0.717, 1.165) is 22.6 Å². The number of para-hydroxylation sites is 3. The number of carbonyl (C=O) groups is 1. The molecule has 3 heteroatoms. The monoisotopic (exact) mass is 317 g/mol. The lowest BCUT2D eigenvalue weighted by Gasteiger charge is -2.33. The molecule has 0 saturated carbocycles. The van der Waals surface area contributed by atoms with E-state index in [4.69, 9.17) is 0 Å². The van der Waals surface area contributed by atoms with Crippen molar-refractivity contribution in [1.82, 2.24) is 0 Å². The van der Waals surface area contributed by atoms with Crippen molar-refractivity contribution in [2.75, 3.05) is 4.90 Å². The Morgan fingerprint density at radius 1 is 0.739 bits per heavy atom. The first kappa shape index (κ1) is 14.1. The van der Waals surface area contributed by atoms with Gasteiger partial charge in [-0.2, -0.15) is 0 Å². The molecule has 1 aliphatic heterocycles. The van der Waals surface area contributed by atoms with Gasteiger partial charge in [0.05, 0.1) is 17.1 Å². The van der Waals surface area contributed by atoms with Crippen molar-refractivity contribution < 1.29 is 4.79 Å². The molecule has 4 rings (SSSR count). The Kier molecular flexibility index (Phi) is 3.43. The van der Waals surface area contributed by atoms with Crippen LogP contribution < -0.4 is 4.90 Å². The quantitative estimate of drug-likeness (QED) is 0.434. The molecular weight excluding hydrogens is 302 g/mol. The van der Waals surface area contributed by atoms with Crippen LogP contribution in [0.5, 0.6) is 0 Å². The Labute approximate surface area is 139 Å². The van der Waals surface area contributed by atoms with Gasteiger partial charge >= 0.3 is 0 Å². The van der Waals surface area contributed by atoms with Crippen molar-refractivity contribution in [3.8, 4) is 0 Å². The molecule has 0 aliphatic carbocycles. The van der Waals surface area contributed by atoms with E-state index in [9.17, 15) is 4.79 Å². The van der Waals surface area contributed by atoms with Crippen LogP contribution in [0.3, 0.4) is 0 Å². The molecule has 0 radical (unpaired) electrons. The zero-order chi connectivity index (χ0) is 15.8. The van der Waals surface area contributed by atoms with Gasteiger partial charge in [0.15, 0.2) is 5.78 Å². The second-order valence-corrected chi connectivity index (χ2v) is 6.53. The number of nitrogens with zero attached hydrogens (tertiary/aromatic N) is 1. The van der Waals surface area contributed by atoms with Crippen LogP contribution in [-0.2, 0) is 0 Å². The van der Waals surface area contributed by atoms with Gasteiger partial charge in [0.2, 0.25) is 0 Å². The summed E-state index contributed by atoms with van der Waals surface area (Å²) in [5.41, 5.74) is 3.90. The van der Waals surface area contributed by atoms with E-state index in [2.05, 4.69) is 41.3 Å². The van der Waals surface area contributed by atoms with Crippen molar-refractivity contribution in [3.05, 3.63) is 78.4 Å². The van der Waals surface area contributed by atoms with Crippen LogP contribution in [0.15, 0.2) is 82.6 Å². The minimum atomic E-state index is 0.0776. The Hall–Kier alpha value is -2.52. The highest BCUT2D eigenvalue weighted by molar-refractivity contribution is 7.99. The molecule has 0 spiro atoms. The largest absolute Gasteiger partial charge is 0.307 e. The van der Waals surface area contributed by atoms with Crippen LogP contribution in [0, 0.1) is 0 Å². The Morgan fingerprint density at radius 2 is 1.22 bits per heavy atom. The topological polar surface area (TPSA) is 20.3 Å². The number of ketones is 1. The standard InChI is InChI=1S/C20H15NOS/c1-14(22)15-8-2-3-9-16(15)21-17-10-4-6-12-19(17)23-20-13-7-5-11-18(20)21/h2-13H,1H3. The first-order valence-corrected chi connectivity index (χ1v) is 8.33. The molecule has 0 N–H and O–H groups in total. The molecule has 23 heavy (non-hydrogen) atoms. The summed E-state index contributed by atoms with van der Waals surface area (Å²) in [7, 11) is 0. The lowest BCUT2D eigenvalue weighted by atomic mass is 10.1. The fraction of sp³-hybridized carbons (Fsp3) is 0.0500. The molecule has 3 aromatic rings. The summed E-state index contributed by atoms with van der Waals surface area (Å²) >= 11 is 1.77. The van der Waals surface area contributed by atoms with Gasteiger partial charge in [-0.15, -0.1) is 0 Å². The van der Waals surface area contributed by atoms with Crippen molar-refractivity contribution in [1.29, 1.82) is 0 Å². The fourth-order valence-electron chi connectivity index (χ4n) is 2.93. The van der Waals surface area contributed by atoms with Crippen molar-refractivity contribution in [3.63, 3.8) is 0 Å². The number of fused-ring (bicyclic) bond motifs is 2. The number of hydrogen-bond donors (Lipinski definition) is 0. The van der Waals surface area contributed by atoms with E-state index in [1.807, 2.05) is 36.4 Å². The first-order chi connectivity index (χ1) is 11.3. The van der Waals surface area contributed by atoms with Gasteiger partial charge < -0.3 is 4.90 Å². The number of hydrogen-bond acceptors (Lipinski definition) is 3. The molecule has 0 unspecified atom stereocenters. The second kappa shape index (κ2) is 5.60. The molecule has 0 amide bonds. The van der Waals surface area contributed by atoms with E-state index in [1.165, 1.54) is 9.79 Å². The maximum Gasteiger partial charge on any atom is 0.161 e. The molecule has 0 bridgehead atoms. The summed E-state index contributed by atoms with van der Waals surface area (Å²) < 4.78 is 0. The number of benzene rings is 3. The van der Waals surface area contributed by atoms with Crippen molar-refractivity contribution >= 4 is 34.6 Å². The summed E-state index contributed by atoms with van der Waals surface area (Å²) in [6, 6.07) is 24.4. The lowest BCUT2D eigenvalue weighted by Crippen LogP contribution is -2.17. The Morgan fingerprint density at radius 3 is 1.78 bits per heavy atom. The van der Waals surface area contributed by atoms with E-state index < -0.39 is 0 Å². The minimum Gasteiger partial charge on any atom is -0.307 e.